The van der Waals surface area contributed by atoms with Gasteiger partial charge in [0.15, 0.2) is 5.96 Å². The van der Waals surface area contributed by atoms with Crippen molar-refractivity contribution in [2.75, 3.05) is 60.4 Å². The average Bonchev–Trinajstić information content (AvgIpc) is 2.70. The van der Waals surface area contributed by atoms with Crippen LogP contribution in [-0.4, -0.2) is 93.2 Å². The van der Waals surface area contributed by atoms with Crippen LogP contribution in [0.4, 0.5) is 4.39 Å². The minimum atomic E-state index is -0.290. The third-order valence-corrected chi connectivity index (χ3v) is 6.32. The molecule has 2 aliphatic heterocycles. The zero-order chi connectivity index (χ0) is 20.8. The maximum atomic E-state index is 13.3. The summed E-state index contributed by atoms with van der Waals surface area (Å²) in [6, 6.07) is 5.47. The van der Waals surface area contributed by atoms with Gasteiger partial charge in [0.1, 0.15) is 5.82 Å². The quantitative estimate of drug-likeness (QED) is 0.334. The van der Waals surface area contributed by atoms with Crippen LogP contribution >= 0.6 is 35.6 Å². The summed E-state index contributed by atoms with van der Waals surface area (Å²) in [6.07, 6.45) is 2.23. The summed E-state index contributed by atoms with van der Waals surface area (Å²) < 4.78 is 13.3. The highest BCUT2D eigenvalue weighted by Crippen LogP contribution is 2.21. The molecule has 9 heteroatoms. The van der Waals surface area contributed by atoms with E-state index in [1.165, 1.54) is 12.1 Å². The lowest BCUT2D eigenvalue weighted by Gasteiger charge is -2.38. The smallest absolute Gasteiger partial charge is 0.191 e. The summed E-state index contributed by atoms with van der Waals surface area (Å²) >= 11 is 6.21. The summed E-state index contributed by atoms with van der Waals surface area (Å²) in [7, 11) is 6.19. The Morgan fingerprint density at radius 3 is 2.77 bits per heavy atom. The summed E-state index contributed by atoms with van der Waals surface area (Å²) in [6.45, 7) is 6.84. The van der Waals surface area contributed by atoms with Crippen LogP contribution in [0.1, 0.15) is 18.4 Å². The molecule has 0 bridgehead atoms. The van der Waals surface area contributed by atoms with Crippen molar-refractivity contribution in [3.63, 3.8) is 0 Å². The highest BCUT2D eigenvalue weighted by atomic mass is 127. The molecule has 0 spiro atoms. The van der Waals surface area contributed by atoms with Gasteiger partial charge < -0.3 is 15.5 Å². The maximum absolute atomic E-state index is 13.3. The molecule has 2 N–H and O–H groups in total. The number of hydrogen-bond acceptors (Lipinski definition) is 4. The van der Waals surface area contributed by atoms with Crippen molar-refractivity contribution in [3.05, 3.63) is 34.6 Å². The first-order chi connectivity index (χ1) is 13.9. The van der Waals surface area contributed by atoms with E-state index in [0.717, 1.165) is 70.2 Å². The van der Waals surface area contributed by atoms with Crippen LogP contribution in [-0.2, 0) is 6.54 Å². The van der Waals surface area contributed by atoms with Gasteiger partial charge in [-0.25, -0.2) is 4.39 Å². The second-order valence-corrected chi connectivity index (χ2v) is 8.71. The molecule has 0 saturated carbocycles. The predicted molar refractivity (Wildman–Crippen MR) is 134 cm³/mol. The van der Waals surface area contributed by atoms with Crippen molar-refractivity contribution < 1.29 is 4.39 Å². The van der Waals surface area contributed by atoms with E-state index in [0.29, 0.717) is 17.1 Å². The Balaban J connectivity index is 0.00000320. The fourth-order valence-electron chi connectivity index (χ4n) is 4.13. The van der Waals surface area contributed by atoms with Crippen LogP contribution in [0.2, 0.25) is 5.02 Å². The SMILES string of the molecule is CN=C(NCC1CN(C)CCN1C)NC1CCCN(Cc2ccc(F)cc2Cl)C1.I. The Bertz CT molecular complexity index is 706. The molecule has 170 valence electrons. The van der Waals surface area contributed by atoms with Crippen LogP contribution in [0.15, 0.2) is 23.2 Å². The number of aliphatic imine (C=N–C) groups is 1. The van der Waals surface area contributed by atoms with Crippen molar-refractivity contribution in [1.82, 2.24) is 25.3 Å². The van der Waals surface area contributed by atoms with E-state index >= 15 is 0 Å². The molecule has 2 saturated heterocycles. The summed E-state index contributed by atoms with van der Waals surface area (Å²) in [5, 5.41) is 7.59. The number of guanidine groups is 1. The molecule has 1 aromatic rings. The van der Waals surface area contributed by atoms with Gasteiger partial charge in [-0.3, -0.25) is 14.8 Å². The van der Waals surface area contributed by atoms with Crippen LogP contribution in [0.3, 0.4) is 0 Å². The third-order valence-electron chi connectivity index (χ3n) is 5.96. The maximum Gasteiger partial charge on any atom is 0.191 e. The number of rotatable bonds is 5. The van der Waals surface area contributed by atoms with E-state index in [1.54, 1.807) is 6.07 Å². The van der Waals surface area contributed by atoms with Gasteiger partial charge in [-0.05, 0) is 51.2 Å². The second kappa shape index (κ2) is 12.4. The monoisotopic (exact) mass is 552 g/mol. The van der Waals surface area contributed by atoms with Crippen LogP contribution in [0.25, 0.3) is 0 Å². The third kappa shape index (κ3) is 7.47. The van der Waals surface area contributed by atoms with Crippen LogP contribution < -0.4 is 10.6 Å². The molecule has 0 radical (unpaired) electrons. The Hall–Kier alpha value is -0.680. The molecule has 0 aliphatic carbocycles. The number of likely N-dealkylation sites (N-methyl/N-ethyl adjacent to an activating group) is 2. The molecular weight excluding hydrogens is 518 g/mol. The zero-order valence-corrected chi connectivity index (χ0v) is 21.3. The first kappa shape index (κ1) is 25.6. The number of nitrogens with one attached hydrogen (secondary N) is 2. The fraction of sp³-hybridized carbons (Fsp3) is 0.667. The normalized spacial score (nSPS) is 24.4. The molecule has 1 aromatic carbocycles. The molecule has 2 aliphatic rings. The molecule has 30 heavy (non-hydrogen) atoms. The van der Waals surface area contributed by atoms with Gasteiger partial charge in [0.05, 0.1) is 0 Å². The molecular formula is C21H35ClFIN6. The van der Waals surface area contributed by atoms with Gasteiger partial charge in [-0.1, -0.05) is 17.7 Å². The van der Waals surface area contributed by atoms with Crippen molar-refractivity contribution in [1.29, 1.82) is 0 Å². The minimum absolute atomic E-state index is 0. The van der Waals surface area contributed by atoms with Crippen molar-refractivity contribution in [3.8, 4) is 0 Å². The number of halogens is 3. The molecule has 6 nitrogen and oxygen atoms in total. The Morgan fingerprint density at radius 1 is 1.23 bits per heavy atom. The van der Waals surface area contributed by atoms with Gasteiger partial charge in [0, 0.05) is 63.4 Å². The number of nitrogens with zero attached hydrogens (tertiary/aromatic N) is 4. The molecule has 2 unspecified atom stereocenters. The van der Waals surface area contributed by atoms with Crippen LogP contribution in [0.5, 0.6) is 0 Å². The topological polar surface area (TPSA) is 46.1 Å². The van der Waals surface area contributed by atoms with Gasteiger partial charge in [-0.2, -0.15) is 0 Å². The lowest BCUT2D eigenvalue weighted by atomic mass is 10.0. The molecule has 0 aromatic heterocycles. The minimum Gasteiger partial charge on any atom is -0.355 e. The molecule has 2 atom stereocenters. The summed E-state index contributed by atoms with van der Waals surface area (Å²) in [5.74, 6) is 0.569. The fourth-order valence-corrected chi connectivity index (χ4v) is 4.36. The van der Waals surface area contributed by atoms with E-state index < -0.39 is 0 Å². The van der Waals surface area contributed by atoms with Crippen LogP contribution in [0, 0.1) is 5.82 Å². The highest BCUT2D eigenvalue weighted by Gasteiger charge is 2.24. The molecule has 2 heterocycles. The van der Waals surface area contributed by atoms with E-state index in [9.17, 15) is 4.39 Å². The summed E-state index contributed by atoms with van der Waals surface area (Å²) in [5.41, 5.74) is 0.973. The van der Waals surface area contributed by atoms with Gasteiger partial charge >= 0.3 is 0 Å². The Morgan fingerprint density at radius 2 is 2.03 bits per heavy atom. The van der Waals surface area contributed by atoms with Crippen molar-refractivity contribution >= 4 is 41.5 Å². The zero-order valence-electron chi connectivity index (χ0n) is 18.2. The highest BCUT2D eigenvalue weighted by molar-refractivity contribution is 14.0. The number of hydrogen-bond donors (Lipinski definition) is 2. The van der Waals surface area contributed by atoms with E-state index in [2.05, 4.69) is 44.4 Å². The predicted octanol–water partition coefficient (Wildman–Crippen LogP) is 2.47. The number of likely N-dealkylation sites (tertiary alicyclic amines) is 1. The Labute approximate surface area is 202 Å². The lowest BCUT2D eigenvalue weighted by molar-refractivity contribution is 0.116. The second-order valence-electron chi connectivity index (χ2n) is 8.30. The number of benzene rings is 1. The van der Waals surface area contributed by atoms with E-state index in [-0.39, 0.29) is 29.8 Å². The van der Waals surface area contributed by atoms with Gasteiger partial charge in [-0.15, -0.1) is 24.0 Å². The number of piperidine rings is 1. The first-order valence-electron chi connectivity index (χ1n) is 10.5. The van der Waals surface area contributed by atoms with Gasteiger partial charge in [0.2, 0.25) is 0 Å². The summed E-state index contributed by atoms with van der Waals surface area (Å²) in [4.78, 5) is 11.6. The van der Waals surface area contributed by atoms with E-state index in [4.69, 9.17) is 11.6 Å². The molecule has 3 rings (SSSR count). The molecule has 2 fully saturated rings. The van der Waals surface area contributed by atoms with Gasteiger partial charge in [0.25, 0.3) is 0 Å². The lowest BCUT2D eigenvalue weighted by Crippen LogP contribution is -2.57. The van der Waals surface area contributed by atoms with Crippen molar-refractivity contribution in [2.45, 2.75) is 31.5 Å². The standard InChI is InChI=1S/C21H34ClFN6.HI/c1-24-21(25-12-19-15-27(2)9-10-28(19)3)26-18-5-4-8-29(14-18)13-16-6-7-17(23)11-20(16)22;/h6-7,11,18-19H,4-5,8-10,12-15H2,1-3H3,(H2,24,25,26);1H. The first-order valence-corrected chi connectivity index (χ1v) is 10.8. The average molecular weight is 553 g/mol. The Kier molecular flexibility index (Phi) is 10.6. The van der Waals surface area contributed by atoms with E-state index in [1.807, 2.05) is 7.05 Å². The molecule has 0 amide bonds. The largest absolute Gasteiger partial charge is 0.355 e. The van der Waals surface area contributed by atoms with Crippen molar-refractivity contribution in [2.24, 2.45) is 4.99 Å². The number of piperazine rings is 1.